The molecule has 0 heterocycles. The Kier molecular flexibility index (Phi) is 6.78. The van der Waals surface area contributed by atoms with Crippen LogP contribution in [0.1, 0.15) is 15.9 Å². The van der Waals surface area contributed by atoms with Gasteiger partial charge in [0.1, 0.15) is 0 Å². The summed E-state index contributed by atoms with van der Waals surface area (Å²) in [7, 11) is 0. The van der Waals surface area contributed by atoms with Crippen molar-refractivity contribution in [3.05, 3.63) is 68.1 Å². The van der Waals surface area contributed by atoms with Gasteiger partial charge in [0.15, 0.2) is 0 Å². The SMILES string of the molecule is O=C(CNC(=O)c1ccc(Cl)c(Cl)c1)N/N=C\c1cccc(Br)c1. The molecule has 0 aliphatic rings. The van der Waals surface area contributed by atoms with Gasteiger partial charge < -0.3 is 5.32 Å². The Labute approximate surface area is 157 Å². The maximum Gasteiger partial charge on any atom is 0.259 e. The largest absolute Gasteiger partial charge is 0.343 e. The molecule has 8 heteroatoms. The van der Waals surface area contributed by atoms with E-state index in [0.29, 0.717) is 10.6 Å². The van der Waals surface area contributed by atoms with Crippen LogP contribution in [0.2, 0.25) is 10.0 Å². The number of carbonyl (C=O) groups is 2. The maximum absolute atomic E-state index is 11.9. The van der Waals surface area contributed by atoms with Gasteiger partial charge in [0.05, 0.1) is 22.8 Å². The van der Waals surface area contributed by atoms with E-state index >= 15 is 0 Å². The molecule has 5 nitrogen and oxygen atoms in total. The first-order chi connectivity index (χ1) is 11.5. The van der Waals surface area contributed by atoms with Crippen LogP contribution in [0.15, 0.2) is 52.0 Å². The zero-order valence-corrected chi connectivity index (χ0v) is 15.3. The van der Waals surface area contributed by atoms with Crippen LogP contribution in [0.5, 0.6) is 0 Å². The lowest BCUT2D eigenvalue weighted by Crippen LogP contribution is -2.34. The van der Waals surface area contributed by atoms with Gasteiger partial charge in [-0.15, -0.1) is 0 Å². The number of hydrogen-bond donors (Lipinski definition) is 2. The summed E-state index contributed by atoms with van der Waals surface area (Å²) in [5.41, 5.74) is 3.47. The number of amides is 2. The van der Waals surface area contributed by atoms with Gasteiger partial charge in [-0.05, 0) is 35.9 Å². The number of hydrazone groups is 1. The fourth-order valence-corrected chi connectivity index (χ4v) is 2.42. The molecule has 124 valence electrons. The molecule has 2 aromatic carbocycles. The number of benzene rings is 2. The van der Waals surface area contributed by atoms with E-state index in [1.54, 1.807) is 0 Å². The first kappa shape index (κ1) is 18.4. The van der Waals surface area contributed by atoms with Crippen molar-refractivity contribution in [1.29, 1.82) is 0 Å². The number of hydrogen-bond acceptors (Lipinski definition) is 3. The summed E-state index contributed by atoms with van der Waals surface area (Å²) in [6.07, 6.45) is 1.50. The summed E-state index contributed by atoms with van der Waals surface area (Å²) in [5.74, 6) is -0.880. The normalized spacial score (nSPS) is 10.6. The first-order valence-electron chi connectivity index (χ1n) is 6.76. The van der Waals surface area contributed by atoms with Gasteiger partial charge in [-0.25, -0.2) is 5.43 Å². The lowest BCUT2D eigenvalue weighted by atomic mass is 10.2. The van der Waals surface area contributed by atoms with Gasteiger partial charge in [-0.3, -0.25) is 9.59 Å². The van der Waals surface area contributed by atoms with Gasteiger partial charge in [-0.1, -0.05) is 51.3 Å². The molecule has 2 N–H and O–H groups in total. The average molecular weight is 429 g/mol. The Hall–Kier alpha value is -1.89. The highest BCUT2D eigenvalue weighted by atomic mass is 79.9. The topological polar surface area (TPSA) is 70.6 Å². The minimum Gasteiger partial charge on any atom is -0.343 e. The highest BCUT2D eigenvalue weighted by Crippen LogP contribution is 2.22. The summed E-state index contributed by atoms with van der Waals surface area (Å²) in [4.78, 5) is 23.6. The Morgan fingerprint density at radius 1 is 1.12 bits per heavy atom. The van der Waals surface area contributed by atoms with Crippen molar-refractivity contribution in [2.45, 2.75) is 0 Å². The van der Waals surface area contributed by atoms with Crippen molar-refractivity contribution in [2.75, 3.05) is 6.54 Å². The monoisotopic (exact) mass is 427 g/mol. The minimum absolute atomic E-state index is 0.213. The van der Waals surface area contributed by atoms with Crippen LogP contribution in [0.25, 0.3) is 0 Å². The highest BCUT2D eigenvalue weighted by molar-refractivity contribution is 9.10. The molecule has 0 saturated carbocycles. The van der Waals surface area contributed by atoms with Crippen LogP contribution in [0.4, 0.5) is 0 Å². The molecule has 0 atom stereocenters. The Balaban J connectivity index is 1.82. The zero-order chi connectivity index (χ0) is 17.5. The molecule has 0 unspecified atom stereocenters. The van der Waals surface area contributed by atoms with Crippen LogP contribution in [0, 0.1) is 0 Å². The molecular formula is C16H12BrCl2N3O2. The molecule has 0 aliphatic carbocycles. The van der Waals surface area contributed by atoms with E-state index in [0.717, 1.165) is 10.0 Å². The zero-order valence-electron chi connectivity index (χ0n) is 12.2. The highest BCUT2D eigenvalue weighted by Gasteiger charge is 2.09. The number of rotatable bonds is 5. The second-order valence-corrected chi connectivity index (χ2v) is 6.39. The van der Waals surface area contributed by atoms with Crippen molar-refractivity contribution in [2.24, 2.45) is 5.10 Å². The Morgan fingerprint density at radius 2 is 1.92 bits per heavy atom. The summed E-state index contributed by atoms with van der Waals surface area (Å²) in [5, 5.41) is 6.92. The minimum atomic E-state index is -0.449. The smallest absolute Gasteiger partial charge is 0.259 e. The van der Waals surface area contributed by atoms with Gasteiger partial charge in [-0.2, -0.15) is 5.10 Å². The maximum atomic E-state index is 11.9. The quantitative estimate of drug-likeness (QED) is 0.563. The Morgan fingerprint density at radius 3 is 2.62 bits per heavy atom. The van der Waals surface area contributed by atoms with Crippen LogP contribution in [-0.2, 0) is 4.79 Å². The summed E-state index contributed by atoms with van der Waals surface area (Å²) in [6, 6.07) is 11.9. The number of nitrogens with zero attached hydrogens (tertiary/aromatic N) is 1. The summed E-state index contributed by atoms with van der Waals surface area (Å²) < 4.78 is 0.909. The van der Waals surface area contributed by atoms with Gasteiger partial charge in [0.2, 0.25) is 0 Å². The number of nitrogens with one attached hydrogen (secondary N) is 2. The van der Waals surface area contributed by atoms with Crippen molar-refractivity contribution in [3.8, 4) is 0 Å². The van der Waals surface area contributed by atoms with Crippen LogP contribution in [-0.4, -0.2) is 24.6 Å². The van der Waals surface area contributed by atoms with Crippen LogP contribution >= 0.6 is 39.1 Å². The van der Waals surface area contributed by atoms with E-state index in [2.05, 4.69) is 31.8 Å². The van der Waals surface area contributed by atoms with E-state index in [4.69, 9.17) is 23.2 Å². The van der Waals surface area contributed by atoms with Gasteiger partial charge >= 0.3 is 0 Å². The third-order valence-electron chi connectivity index (χ3n) is 2.84. The molecule has 0 aromatic heterocycles. The third kappa shape index (κ3) is 5.63. The second kappa shape index (κ2) is 8.82. The standard InChI is InChI=1S/C16H12BrCl2N3O2/c17-12-3-1-2-10(6-12)8-21-22-15(23)9-20-16(24)11-4-5-13(18)14(19)7-11/h1-8H,9H2,(H,20,24)(H,22,23)/b21-8-. The lowest BCUT2D eigenvalue weighted by Gasteiger charge is -2.05. The predicted octanol–water partition coefficient (Wildman–Crippen LogP) is 3.64. The lowest BCUT2D eigenvalue weighted by molar-refractivity contribution is -0.120. The number of carbonyl (C=O) groups excluding carboxylic acids is 2. The van der Waals surface area contributed by atoms with E-state index in [1.165, 1.54) is 24.4 Å². The van der Waals surface area contributed by atoms with Crippen LogP contribution < -0.4 is 10.7 Å². The van der Waals surface area contributed by atoms with E-state index in [9.17, 15) is 9.59 Å². The molecule has 0 aliphatic heterocycles. The van der Waals surface area contributed by atoms with E-state index in [1.807, 2.05) is 24.3 Å². The van der Waals surface area contributed by atoms with Crippen molar-refractivity contribution in [1.82, 2.24) is 10.7 Å². The summed E-state index contributed by atoms with van der Waals surface area (Å²) >= 11 is 15.0. The Bertz CT molecular complexity index is 797. The van der Waals surface area contributed by atoms with E-state index < -0.39 is 11.8 Å². The van der Waals surface area contributed by atoms with Gasteiger partial charge in [0.25, 0.3) is 11.8 Å². The average Bonchev–Trinajstić information content (AvgIpc) is 2.55. The molecule has 2 aromatic rings. The van der Waals surface area contributed by atoms with Crippen LogP contribution in [0.3, 0.4) is 0 Å². The second-order valence-electron chi connectivity index (χ2n) is 4.66. The molecule has 2 rings (SSSR count). The predicted molar refractivity (Wildman–Crippen MR) is 98.7 cm³/mol. The fourth-order valence-electron chi connectivity index (χ4n) is 1.71. The third-order valence-corrected chi connectivity index (χ3v) is 4.08. The molecule has 0 radical (unpaired) electrons. The van der Waals surface area contributed by atoms with Gasteiger partial charge in [0, 0.05) is 10.0 Å². The molecule has 24 heavy (non-hydrogen) atoms. The molecule has 2 amide bonds. The van der Waals surface area contributed by atoms with Crippen molar-refractivity contribution in [3.63, 3.8) is 0 Å². The fraction of sp³-hybridized carbons (Fsp3) is 0.0625. The molecule has 0 bridgehead atoms. The molecular weight excluding hydrogens is 417 g/mol. The molecule has 0 saturated heterocycles. The summed E-state index contributed by atoms with van der Waals surface area (Å²) in [6.45, 7) is -0.213. The first-order valence-corrected chi connectivity index (χ1v) is 8.31. The molecule has 0 spiro atoms. The van der Waals surface area contributed by atoms with E-state index in [-0.39, 0.29) is 11.6 Å². The van der Waals surface area contributed by atoms with Crippen molar-refractivity contribution >= 4 is 57.2 Å². The van der Waals surface area contributed by atoms with Crippen molar-refractivity contribution < 1.29 is 9.59 Å². The number of halogens is 3. The molecule has 0 fully saturated rings.